The van der Waals surface area contributed by atoms with E-state index in [9.17, 15) is 19.1 Å². The largest absolute Gasteiger partial charge is 0.480 e. The molecule has 0 saturated carbocycles. The third-order valence-corrected chi connectivity index (χ3v) is 4.34. The van der Waals surface area contributed by atoms with E-state index in [-0.39, 0.29) is 23.4 Å². The zero-order valence-corrected chi connectivity index (χ0v) is 14.2. The number of carboxylic acid groups (broad SMARTS) is 1. The smallest absolute Gasteiger partial charge is 0.323 e. The summed E-state index contributed by atoms with van der Waals surface area (Å²) in [6.07, 6.45) is 0.454. The Morgan fingerprint density at radius 3 is 2.60 bits per heavy atom. The number of aliphatic carboxylic acids is 1. The molecule has 0 bridgehead atoms. The van der Waals surface area contributed by atoms with Crippen molar-refractivity contribution in [2.24, 2.45) is 0 Å². The van der Waals surface area contributed by atoms with Crippen molar-refractivity contribution in [3.05, 3.63) is 27.6 Å². The highest BCUT2D eigenvalue weighted by molar-refractivity contribution is 5.79. The molecule has 1 saturated heterocycles. The maximum absolute atomic E-state index is 13.9. The number of pyridine rings is 1. The van der Waals surface area contributed by atoms with Gasteiger partial charge in [-0.1, -0.05) is 6.92 Å². The predicted molar refractivity (Wildman–Crippen MR) is 90.6 cm³/mol. The number of nitrogens with one attached hydrogen (secondary N) is 1. The highest BCUT2D eigenvalue weighted by Crippen LogP contribution is 2.23. The lowest BCUT2D eigenvalue weighted by Gasteiger charge is -2.31. The van der Waals surface area contributed by atoms with Crippen LogP contribution in [0.3, 0.4) is 0 Å². The fraction of sp³-hybridized carbons (Fsp3) is 0.500. The van der Waals surface area contributed by atoms with Crippen LogP contribution in [0, 0.1) is 12.9 Å². The molecule has 1 aliphatic rings. The predicted octanol–water partition coefficient (Wildman–Crippen LogP) is 0.296. The summed E-state index contributed by atoms with van der Waals surface area (Å²) in [7, 11) is 0. The molecule has 1 fully saturated rings. The Balaban J connectivity index is 2.37. The van der Waals surface area contributed by atoms with Crippen LogP contribution in [0.2, 0.25) is 0 Å². The number of aromatic nitrogens is 3. The number of fused-ring (bicyclic) bond motifs is 1. The fourth-order valence-electron chi connectivity index (χ4n) is 3.20. The number of carboxylic acids is 1. The molecule has 0 unspecified atom stereocenters. The van der Waals surface area contributed by atoms with Gasteiger partial charge in [0.1, 0.15) is 12.2 Å². The van der Waals surface area contributed by atoms with Gasteiger partial charge in [-0.05, 0) is 13.3 Å². The molecule has 134 valence electrons. The molecule has 1 aliphatic heterocycles. The highest BCUT2D eigenvalue weighted by Gasteiger charge is 2.25. The zero-order valence-electron chi connectivity index (χ0n) is 14.2. The Morgan fingerprint density at radius 1 is 1.32 bits per heavy atom. The Kier molecular flexibility index (Phi) is 4.67. The first-order valence-electron chi connectivity index (χ1n) is 8.21. The molecule has 9 heteroatoms. The van der Waals surface area contributed by atoms with E-state index in [1.54, 1.807) is 0 Å². The van der Waals surface area contributed by atoms with Gasteiger partial charge in [0.25, 0.3) is 0 Å². The van der Waals surface area contributed by atoms with Gasteiger partial charge in [0.15, 0.2) is 11.2 Å². The average molecular weight is 349 g/mol. The molecule has 0 atom stereocenters. The van der Waals surface area contributed by atoms with Gasteiger partial charge in [0.2, 0.25) is 11.4 Å². The lowest BCUT2D eigenvalue weighted by Crippen LogP contribution is -2.46. The van der Waals surface area contributed by atoms with Crippen LogP contribution in [-0.2, 0) is 17.8 Å². The van der Waals surface area contributed by atoms with Crippen LogP contribution in [0.25, 0.3) is 11.2 Å². The van der Waals surface area contributed by atoms with Crippen LogP contribution in [-0.4, -0.2) is 51.8 Å². The van der Waals surface area contributed by atoms with Gasteiger partial charge in [-0.3, -0.25) is 9.59 Å². The Hall–Kier alpha value is -2.55. The van der Waals surface area contributed by atoms with Crippen molar-refractivity contribution < 1.29 is 14.3 Å². The molecule has 3 heterocycles. The van der Waals surface area contributed by atoms with Crippen LogP contribution in [0.15, 0.2) is 4.79 Å². The van der Waals surface area contributed by atoms with Crippen molar-refractivity contribution in [3.8, 4) is 0 Å². The molecular weight excluding hydrogens is 329 g/mol. The summed E-state index contributed by atoms with van der Waals surface area (Å²) in [5.74, 6) is -1.88. The first-order chi connectivity index (χ1) is 11.9. The van der Waals surface area contributed by atoms with Crippen LogP contribution < -0.4 is 15.6 Å². The van der Waals surface area contributed by atoms with Gasteiger partial charge in [-0.2, -0.15) is 4.39 Å². The molecule has 0 aliphatic carbocycles. The van der Waals surface area contributed by atoms with E-state index in [1.807, 2.05) is 11.8 Å². The number of hydrogen-bond acceptors (Lipinski definition) is 6. The molecule has 2 N–H and O–H groups in total. The highest BCUT2D eigenvalue weighted by atomic mass is 19.1. The Bertz CT molecular complexity index is 890. The van der Waals surface area contributed by atoms with Crippen molar-refractivity contribution in [1.29, 1.82) is 0 Å². The molecule has 0 aromatic carbocycles. The molecule has 2 aromatic heterocycles. The van der Waals surface area contributed by atoms with Crippen molar-refractivity contribution in [1.82, 2.24) is 19.9 Å². The number of aryl methyl sites for hydroxylation is 1. The summed E-state index contributed by atoms with van der Waals surface area (Å²) in [6, 6.07) is 0. The standard InChI is InChI=1S/C16H20FN5O3/c1-3-10-13(21-6-4-18-5-7-21)14(25)12-16(22(10)8-11(23)24)19-9(2)15(17)20-12/h18H,3-8H2,1-2H3,(H,23,24). The van der Waals surface area contributed by atoms with E-state index in [4.69, 9.17) is 0 Å². The van der Waals surface area contributed by atoms with Gasteiger partial charge in [-0.25, -0.2) is 9.97 Å². The van der Waals surface area contributed by atoms with Gasteiger partial charge in [0.05, 0.1) is 5.69 Å². The lowest BCUT2D eigenvalue weighted by molar-refractivity contribution is -0.137. The topological polar surface area (TPSA) is 100 Å². The first kappa shape index (κ1) is 17.3. The number of piperazine rings is 1. The summed E-state index contributed by atoms with van der Waals surface area (Å²) < 4.78 is 15.4. The van der Waals surface area contributed by atoms with E-state index < -0.39 is 17.3 Å². The Morgan fingerprint density at radius 2 is 2.00 bits per heavy atom. The van der Waals surface area contributed by atoms with E-state index in [0.29, 0.717) is 44.0 Å². The molecule has 8 nitrogen and oxygen atoms in total. The van der Waals surface area contributed by atoms with Crippen molar-refractivity contribution in [2.75, 3.05) is 31.1 Å². The van der Waals surface area contributed by atoms with E-state index in [2.05, 4.69) is 15.3 Å². The summed E-state index contributed by atoms with van der Waals surface area (Å²) in [5, 5.41) is 12.5. The maximum Gasteiger partial charge on any atom is 0.323 e. The van der Waals surface area contributed by atoms with Crippen LogP contribution >= 0.6 is 0 Å². The molecular formula is C16H20FN5O3. The summed E-state index contributed by atoms with van der Waals surface area (Å²) in [4.78, 5) is 34.2. The third-order valence-electron chi connectivity index (χ3n) is 4.34. The molecule has 0 radical (unpaired) electrons. The average Bonchev–Trinajstić information content (AvgIpc) is 2.59. The molecule has 0 spiro atoms. The first-order valence-corrected chi connectivity index (χ1v) is 8.21. The molecule has 25 heavy (non-hydrogen) atoms. The number of hydrogen-bond donors (Lipinski definition) is 2. The van der Waals surface area contributed by atoms with Crippen LogP contribution in [0.1, 0.15) is 18.3 Å². The van der Waals surface area contributed by atoms with Gasteiger partial charge < -0.3 is 19.9 Å². The molecule has 2 aromatic rings. The quantitative estimate of drug-likeness (QED) is 0.818. The van der Waals surface area contributed by atoms with Crippen LogP contribution in [0.5, 0.6) is 0 Å². The normalized spacial score (nSPS) is 14.9. The number of anilines is 1. The van der Waals surface area contributed by atoms with E-state index >= 15 is 0 Å². The second-order valence-electron chi connectivity index (χ2n) is 5.97. The summed E-state index contributed by atoms with van der Waals surface area (Å²) in [6.45, 7) is 5.59. The minimum atomic E-state index is -1.06. The molecule has 0 amide bonds. The van der Waals surface area contributed by atoms with E-state index in [0.717, 1.165) is 0 Å². The SMILES string of the molecule is CCc1c(N2CCNCC2)c(=O)c2nc(F)c(C)nc2n1CC(=O)O. The Labute approximate surface area is 143 Å². The monoisotopic (exact) mass is 349 g/mol. The van der Waals surface area contributed by atoms with Crippen LogP contribution in [0.4, 0.5) is 10.1 Å². The maximum atomic E-state index is 13.9. The number of nitrogens with zero attached hydrogens (tertiary/aromatic N) is 4. The van der Waals surface area contributed by atoms with Gasteiger partial charge in [-0.15, -0.1) is 0 Å². The number of halogens is 1. The summed E-state index contributed by atoms with van der Waals surface area (Å²) in [5.41, 5.74) is 0.597. The van der Waals surface area contributed by atoms with Gasteiger partial charge in [0, 0.05) is 31.9 Å². The second kappa shape index (κ2) is 6.75. The van der Waals surface area contributed by atoms with Crippen molar-refractivity contribution in [2.45, 2.75) is 26.8 Å². The third kappa shape index (κ3) is 3.07. The zero-order chi connectivity index (χ0) is 18.1. The van der Waals surface area contributed by atoms with Crippen molar-refractivity contribution >= 4 is 22.8 Å². The van der Waals surface area contributed by atoms with Gasteiger partial charge >= 0.3 is 5.97 Å². The summed E-state index contributed by atoms with van der Waals surface area (Å²) >= 11 is 0. The minimum Gasteiger partial charge on any atom is -0.480 e. The number of carbonyl (C=O) groups is 1. The fourth-order valence-corrected chi connectivity index (χ4v) is 3.20. The van der Waals surface area contributed by atoms with E-state index in [1.165, 1.54) is 11.5 Å². The lowest BCUT2D eigenvalue weighted by atomic mass is 10.1. The van der Waals surface area contributed by atoms with Crippen molar-refractivity contribution in [3.63, 3.8) is 0 Å². The number of rotatable bonds is 4. The minimum absolute atomic E-state index is 0.0306. The molecule has 3 rings (SSSR count). The second-order valence-corrected chi connectivity index (χ2v) is 5.97.